The molecule has 1 rings (SSSR count). The van der Waals surface area contributed by atoms with Gasteiger partial charge in [0.05, 0.1) is 12.6 Å². The van der Waals surface area contributed by atoms with Crippen molar-refractivity contribution < 1.29 is 9.53 Å². The molecule has 0 spiro atoms. The van der Waals surface area contributed by atoms with Crippen molar-refractivity contribution in [2.24, 2.45) is 5.73 Å². The van der Waals surface area contributed by atoms with Crippen LogP contribution in [0.3, 0.4) is 0 Å². The standard InChI is InChI=1S/C10H14ClN3O2/c1-7(12)9(15)13-5-6-16-10-8(11)3-2-4-14-10/h2-4,7H,5-6,12H2,1H3,(H,13,15)/t7-/m1/s1. The first kappa shape index (κ1) is 12.7. The largest absolute Gasteiger partial charge is 0.475 e. The number of nitrogens with one attached hydrogen (secondary N) is 1. The average Bonchev–Trinajstić information content (AvgIpc) is 2.26. The van der Waals surface area contributed by atoms with Gasteiger partial charge in [-0.05, 0) is 19.1 Å². The molecule has 0 fully saturated rings. The van der Waals surface area contributed by atoms with Gasteiger partial charge in [-0.25, -0.2) is 4.98 Å². The van der Waals surface area contributed by atoms with Crippen LogP contribution in [0.2, 0.25) is 5.02 Å². The van der Waals surface area contributed by atoms with E-state index in [1.54, 1.807) is 25.3 Å². The summed E-state index contributed by atoms with van der Waals surface area (Å²) in [5.41, 5.74) is 5.37. The third-order valence-electron chi connectivity index (χ3n) is 1.78. The number of pyridine rings is 1. The van der Waals surface area contributed by atoms with E-state index < -0.39 is 6.04 Å². The summed E-state index contributed by atoms with van der Waals surface area (Å²) in [5, 5.41) is 3.06. The van der Waals surface area contributed by atoms with E-state index in [9.17, 15) is 4.79 Å². The fraction of sp³-hybridized carbons (Fsp3) is 0.400. The van der Waals surface area contributed by atoms with Crippen LogP contribution in [0.15, 0.2) is 18.3 Å². The van der Waals surface area contributed by atoms with Crippen molar-refractivity contribution in [3.8, 4) is 5.88 Å². The highest BCUT2D eigenvalue weighted by Gasteiger charge is 2.06. The number of hydrogen-bond donors (Lipinski definition) is 2. The van der Waals surface area contributed by atoms with Crippen molar-refractivity contribution in [2.45, 2.75) is 13.0 Å². The highest BCUT2D eigenvalue weighted by Crippen LogP contribution is 2.19. The number of aromatic nitrogens is 1. The lowest BCUT2D eigenvalue weighted by Gasteiger charge is -2.09. The molecule has 6 heteroatoms. The summed E-state index contributed by atoms with van der Waals surface area (Å²) >= 11 is 5.82. The second kappa shape index (κ2) is 6.30. The molecule has 1 atom stereocenters. The average molecular weight is 244 g/mol. The molecule has 0 radical (unpaired) electrons. The maximum absolute atomic E-state index is 11.1. The number of carbonyl (C=O) groups is 1. The van der Waals surface area contributed by atoms with Crippen LogP contribution < -0.4 is 15.8 Å². The van der Waals surface area contributed by atoms with E-state index in [4.69, 9.17) is 22.1 Å². The van der Waals surface area contributed by atoms with Gasteiger partial charge in [-0.15, -0.1) is 0 Å². The first-order chi connectivity index (χ1) is 7.61. The molecule has 0 saturated carbocycles. The van der Waals surface area contributed by atoms with Gasteiger partial charge in [0.25, 0.3) is 0 Å². The molecule has 0 aliphatic heterocycles. The van der Waals surface area contributed by atoms with Crippen LogP contribution in [0.5, 0.6) is 5.88 Å². The number of halogens is 1. The predicted molar refractivity (Wildman–Crippen MR) is 61.4 cm³/mol. The van der Waals surface area contributed by atoms with Crippen molar-refractivity contribution in [1.29, 1.82) is 0 Å². The smallest absolute Gasteiger partial charge is 0.236 e. The summed E-state index contributed by atoms with van der Waals surface area (Å²) in [6.45, 7) is 2.29. The van der Waals surface area contributed by atoms with Crippen LogP contribution >= 0.6 is 11.6 Å². The first-order valence-electron chi connectivity index (χ1n) is 4.88. The molecule has 3 N–H and O–H groups in total. The molecule has 5 nitrogen and oxygen atoms in total. The zero-order chi connectivity index (χ0) is 12.0. The van der Waals surface area contributed by atoms with Crippen LogP contribution in [0.4, 0.5) is 0 Å². The summed E-state index contributed by atoms with van der Waals surface area (Å²) in [6, 6.07) is 2.88. The van der Waals surface area contributed by atoms with E-state index >= 15 is 0 Å². The van der Waals surface area contributed by atoms with Crippen LogP contribution in [-0.2, 0) is 4.79 Å². The molecule has 0 bridgehead atoms. The van der Waals surface area contributed by atoms with Gasteiger partial charge in [-0.3, -0.25) is 4.79 Å². The highest BCUT2D eigenvalue weighted by molar-refractivity contribution is 6.31. The third-order valence-corrected chi connectivity index (χ3v) is 2.07. The molecule has 0 aliphatic rings. The quantitative estimate of drug-likeness (QED) is 0.742. The fourth-order valence-corrected chi connectivity index (χ4v) is 1.14. The maximum atomic E-state index is 11.1. The van der Waals surface area contributed by atoms with Crippen molar-refractivity contribution in [1.82, 2.24) is 10.3 Å². The Labute approximate surface area is 98.9 Å². The number of amides is 1. The first-order valence-corrected chi connectivity index (χ1v) is 5.25. The van der Waals surface area contributed by atoms with E-state index in [2.05, 4.69) is 10.3 Å². The van der Waals surface area contributed by atoms with Gasteiger partial charge >= 0.3 is 0 Å². The summed E-state index contributed by atoms with van der Waals surface area (Å²) < 4.78 is 5.27. The maximum Gasteiger partial charge on any atom is 0.236 e. The minimum absolute atomic E-state index is 0.212. The second-order valence-electron chi connectivity index (χ2n) is 3.22. The molecule has 1 amide bonds. The Morgan fingerprint density at radius 1 is 1.75 bits per heavy atom. The van der Waals surface area contributed by atoms with Crippen LogP contribution in [-0.4, -0.2) is 30.1 Å². The fourth-order valence-electron chi connectivity index (χ4n) is 0.960. The zero-order valence-corrected chi connectivity index (χ0v) is 9.70. The van der Waals surface area contributed by atoms with Gasteiger partial charge in [-0.1, -0.05) is 11.6 Å². The topological polar surface area (TPSA) is 77.2 Å². The van der Waals surface area contributed by atoms with Crippen LogP contribution in [0, 0.1) is 0 Å². The van der Waals surface area contributed by atoms with Crippen LogP contribution in [0.1, 0.15) is 6.92 Å². The molecule has 0 saturated heterocycles. The normalized spacial score (nSPS) is 11.9. The summed E-state index contributed by atoms with van der Waals surface area (Å²) in [5.74, 6) is 0.148. The van der Waals surface area contributed by atoms with E-state index in [0.29, 0.717) is 24.1 Å². The van der Waals surface area contributed by atoms with Crippen LogP contribution in [0.25, 0.3) is 0 Å². The Bertz CT molecular complexity index is 358. The Hall–Kier alpha value is -1.33. The lowest BCUT2D eigenvalue weighted by molar-refractivity contribution is -0.122. The molecule has 0 aromatic carbocycles. The molecule has 1 aromatic rings. The Morgan fingerprint density at radius 2 is 2.50 bits per heavy atom. The molecular formula is C10H14ClN3O2. The van der Waals surface area contributed by atoms with Gasteiger partial charge in [0.2, 0.25) is 11.8 Å². The number of carbonyl (C=O) groups excluding carboxylic acids is 1. The lowest BCUT2D eigenvalue weighted by Crippen LogP contribution is -2.40. The third kappa shape index (κ3) is 4.04. The van der Waals surface area contributed by atoms with Crippen molar-refractivity contribution in [3.63, 3.8) is 0 Å². The predicted octanol–water partition coefficient (Wildman–Crippen LogP) is 0.577. The van der Waals surface area contributed by atoms with Gasteiger partial charge in [0.15, 0.2) is 0 Å². The number of hydrogen-bond acceptors (Lipinski definition) is 4. The van der Waals surface area contributed by atoms with Crippen molar-refractivity contribution >= 4 is 17.5 Å². The number of rotatable bonds is 5. The monoisotopic (exact) mass is 243 g/mol. The van der Waals surface area contributed by atoms with E-state index in [0.717, 1.165) is 0 Å². The molecule has 1 heterocycles. The van der Waals surface area contributed by atoms with Crippen molar-refractivity contribution in [3.05, 3.63) is 23.4 Å². The molecule has 1 aromatic heterocycles. The number of nitrogens with two attached hydrogens (primary N) is 1. The molecule has 0 aliphatic carbocycles. The summed E-state index contributed by atoms with van der Waals surface area (Å²) in [7, 11) is 0. The van der Waals surface area contributed by atoms with Gasteiger partial charge in [0.1, 0.15) is 11.6 Å². The molecule has 88 valence electrons. The highest BCUT2D eigenvalue weighted by atomic mass is 35.5. The van der Waals surface area contributed by atoms with E-state index in [1.807, 2.05) is 0 Å². The number of nitrogens with zero attached hydrogens (tertiary/aromatic N) is 1. The Balaban J connectivity index is 2.26. The van der Waals surface area contributed by atoms with E-state index in [1.165, 1.54) is 0 Å². The van der Waals surface area contributed by atoms with Gasteiger partial charge < -0.3 is 15.8 Å². The minimum atomic E-state index is -0.515. The van der Waals surface area contributed by atoms with Gasteiger partial charge in [0, 0.05) is 6.20 Å². The lowest BCUT2D eigenvalue weighted by atomic mass is 10.3. The number of ether oxygens (including phenoxy) is 1. The Morgan fingerprint density at radius 3 is 3.12 bits per heavy atom. The Kier molecular flexibility index (Phi) is 5.01. The SMILES string of the molecule is C[C@@H](N)C(=O)NCCOc1ncccc1Cl. The van der Waals surface area contributed by atoms with Gasteiger partial charge in [-0.2, -0.15) is 0 Å². The van der Waals surface area contributed by atoms with Crippen molar-refractivity contribution in [2.75, 3.05) is 13.2 Å². The summed E-state index contributed by atoms with van der Waals surface area (Å²) in [6.07, 6.45) is 1.59. The van der Waals surface area contributed by atoms with E-state index in [-0.39, 0.29) is 5.91 Å². The molecule has 16 heavy (non-hydrogen) atoms. The zero-order valence-electron chi connectivity index (χ0n) is 8.94. The molecule has 0 unspecified atom stereocenters. The minimum Gasteiger partial charge on any atom is -0.475 e. The second-order valence-corrected chi connectivity index (χ2v) is 3.63. The summed E-state index contributed by atoms with van der Waals surface area (Å²) in [4.78, 5) is 15.0. The molecular weight excluding hydrogens is 230 g/mol.